The second kappa shape index (κ2) is 7.35. The summed E-state index contributed by atoms with van der Waals surface area (Å²) in [6.45, 7) is 1.97. The molecule has 0 bridgehead atoms. The van der Waals surface area contributed by atoms with Gasteiger partial charge in [-0.3, -0.25) is 4.79 Å². The van der Waals surface area contributed by atoms with E-state index in [2.05, 4.69) is 15.2 Å². The first kappa shape index (κ1) is 17.6. The van der Waals surface area contributed by atoms with Gasteiger partial charge in [0.15, 0.2) is 0 Å². The summed E-state index contributed by atoms with van der Waals surface area (Å²) >= 11 is -0.208. The van der Waals surface area contributed by atoms with Gasteiger partial charge in [-0.15, -0.1) is 0 Å². The van der Waals surface area contributed by atoms with E-state index in [4.69, 9.17) is 0 Å². The number of alkyl halides is 3. The first-order valence-electron chi connectivity index (χ1n) is 7.79. The summed E-state index contributed by atoms with van der Waals surface area (Å²) in [5.41, 5.74) is -3.51. The minimum Gasteiger partial charge on any atom is -0.357 e. The van der Waals surface area contributed by atoms with Gasteiger partial charge in [-0.05, 0) is 61.0 Å². The summed E-state index contributed by atoms with van der Waals surface area (Å²) in [4.78, 5) is 18.7. The van der Waals surface area contributed by atoms with Gasteiger partial charge in [-0.1, -0.05) is 0 Å². The van der Waals surface area contributed by atoms with Gasteiger partial charge in [-0.2, -0.15) is 13.2 Å². The van der Waals surface area contributed by atoms with Crippen LogP contribution in [0.1, 0.15) is 23.2 Å². The van der Waals surface area contributed by atoms with Crippen LogP contribution in [0.4, 0.5) is 24.7 Å². The number of thioether (sulfide) groups is 1. The molecule has 0 spiro atoms. The molecule has 132 valence electrons. The van der Waals surface area contributed by atoms with E-state index >= 15 is 0 Å². The fourth-order valence-electron chi connectivity index (χ4n) is 2.60. The number of anilines is 2. The topological polar surface area (TPSA) is 45.2 Å². The molecule has 4 nitrogen and oxygen atoms in total. The van der Waals surface area contributed by atoms with Gasteiger partial charge in [-0.25, -0.2) is 4.98 Å². The SMILES string of the molecule is O=C(Nc1ccc(N2CCCC2)nc1)c1ccc(SC(F)(F)F)cc1. The first-order chi connectivity index (χ1) is 11.9. The molecule has 1 amide bonds. The van der Waals surface area contributed by atoms with E-state index in [9.17, 15) is 18.0 Å². The normalized spacial score (nSPS) is 14.6. The van der Waals surface area contributed by atoms with Crippen LogP contribution in [0.2, 0.25) is 0 Å². The van der Waals surface area contributed by atoms with Gasteiger partial charge in [0.2, 0.25) is 0 Å². The third-order valence-corrected chi connectivity index (χ3v) is 4.53. The molecule has 2 heterocycles. The highest BCUT2D eigenvalue weighted by Crippen LogP contribution is 2.36. The largest absolute Gasteiger partial charge is 0.446 e. The highest BCUT2D eigenvalue weighted by molar-refractivity contribution is 8.00. The van der Waals surface area contributed by atoms with Crippen molar-refractivity contribution < 1.29 is 18.0 Å². The second-order valence-electron chi connectivity index (χ2n) is 5.63. The third kappa shape index (κ3) is 4.88. The summed E-state index contributed by atoms with van der Waals surface area (Å²) < 4.78 is 36.9. The zero-order chi connectivity index (χ0) is 17.9. The number of carbonyl (C=O) groups excluding carboxylic acids is 1. The molecule has 0 unspecified atom stereocenters. The minimum absolute atomic E-state index is 0.0423. The molecule has 1 aromatic carbocycles. The number of nitrogens with zero attached hydrogens (tertiary/aromatic N) is 2. The van der Waals surface area contributed by atoms with Crippen LogP contribution in [0.3, 0.4) is 0 Å². The lowest BCUT2D eigenvalue weighted by Gasteiger charge is -2.16. The molecule has 1 aliphatic rings. The van der Waals surface area contributed by atoms with Crippen LogP contribution in [0.15, 0.2) is 47.5 Å². The lowest BCUT2D eigenvalue weighted by Crippen LogP contribution is -2.19. The third-order valence-electron chi connectivity index (χ3n) is 3.79. The van der Waals surface area contributed by atoms with Crippen molar-refractivity contribution in [1.29, 1.82) is 0 Å². The summed E-state index contributed by atoms with van der Waals surface area (Å²) in [7, 11) is 0. The van der Waals surface area contributed by atoms with Gasteiger partial charge in [0.25, 0.3) is 5.91 Å². The van der Waals surface area contributed by atoms with Gasteiger partial charge >= 0.3 is 5.51 Å². The Bertz CT molecular complexity index is 726. The van der Waals surface area contributed by atoms with Gasteiger partial charge in [0, 0.05) is 23.5 Å². The number of pyridine rings is 1. The molecule has 1 aliphatic heterocycles. The van der Waals surface area contributed by atoms with Crippen LogP contribution in [-0.2, 0) is 0 Å². The number of nitrogens with one attached hydrogen (secondary N) is 1. The molecule has 1 saturated heterocycles. The first-order valence-corrected chi connectivity index (χ1v) is 8.60. The molecular weight excluding hydrogens is 351 g/mol. The van der Waals surface area contributed by atoms with Crippen molar-refractivity contribution in [3.05, 3.63) is 48.2 Å². The maximum absolute atomic E-state index is 12.3. The van der Waals surface area contributed by atoms with Gasteiger partial charge < -0.3 is 10.2 Å². The van der Waals surface area contributed by atoms with E-state index in [1.54, 1.807) is 12.3 Å². The monoisotopic (exact) mass is 367 g/mol. The predicted octanol–water partition coefficient (Wildman–Crippen LogP) is 4.55. The van der Waals surface area contributed by atoms with Crippen molar-refractivity contribution in [1.82, 2.24) is 4.98 Å². The molecule has 0 saturated carbocycles. The lowest BCUT2D eigenvalue weighted by molar-refractivity contribution is -0.0328. The highest BCUT2D eigenvalue weighted by atomic mass is 32.2. The Labute approximate surface area is 147 Å². The molecular formula is C17H16F3N3OS. The van der Waals surface area contributed by atoms with E-state index in [1.807, 2.05) is 6.07 Å². The van der Waals surface area contributed by atoms with Crippen molar-refractivity contribution in [3.63, 3.8) is 0 Å². The van der Waals surface area contributed by atoms with Crippen LogP contribution in [0, 0.1) is 0 Å². The Balaban J connectivity index is 1.61. The Morgan fingerprint density at radius 2 is 1.76 bits per heavy atom. The number of halogens is 3. The van der Waals surface area contributed by atoms with Crippen LogP contribution >= 0.6 is 11.8 Å². The fraction of sp³-hybridized carbons (Fsp3) is 0.294. The molecule has 25 heavy (non-hydrogen) atoms. The van der Waals surface area contributed by atoms with Crippen LogP contribution < -0.4 is 10.2 Å². The predicted molar refractivity (Wildman–Crippen MR) is 92.0 cm³/mol. The van der Waals surface area contributed by atoms with Crippen LogP contribution in [0.5, 0.6) is 0 Å². The fourth-order valence-corrected chi connectivity index (χ4v) is 3.14. The van der Waals surface area contributed by atoms with E-state index in [-0.39, 0.29) is 28.1 Å². The molecule has 1 N–H and O–H groups in total. The number of rotatable bonds is 4. The van der Waals surface area contributed by atoms with E-state index < -0.39 is 5.51 Å². The Hall–Kier alpha value is -2.22. The van der Waals surface area contributed by atoms with Gasteiger partial charge in [0.05, 0.1) is 11.9 Å². The van der Waals surface area contributed by atoms with Crippen LogP contribution in [0.25, 0.3) is 0 Å². The Morgan fingerprint density at radius 1 is 1.08 bits per heavy atom. The maximum atomic E-state index is 12.3. The molecule has 1 fully saturated rings. The quantitative estimate of drug-likeness (QED) is 0.806. The number of carbonyl (C=O) groups is 1. The smallest absolute Gasteiger partial charge is 0.357 e. The van der Waals surface area contributed by atoms with Crippen molar-refractivity contribution in [2.24, 2.45) is 0 Å². The lowest BCUT2D eigenvalue weighted by atomic mass is 10.2. The summed E-state index contributed by atoms with van der Waals surface area (Å²) in [5.74, 6) is 0.489. The Morgan fingerprint density at radius 3 is 2.32 bits per heavy atom. The molecule has 0 radical (unpaired) electrons. The van der Waals surface area contributed by atoms with Crippen molar-refractivity contribution in [2.45, 2.75) is 23.2 Å². The molecule has 8 heteroatoms. The average molecular weight is 367 g/mol. The summed E-state index contributed by atoms with van der Waals surface area (Å²) in [5, 5.41) is 2.69. The number of amides is 1. The number of benzene rings is 1. The summed E-state index contributed by atoms with van der Waals surface area (Å²) in [6.07, 6.45) is 3.89. The molecule has 3 rings (SSSR count). The molecule has 2 aromatic rings. The standard InChI is InChI=1S/C17H16F3N3OS/c18-17(19,20)25-14-6-3-12(4-7-14)16(24)22-13-5-8-15(21-11-13)23-9-1-2-10-23/h3-8,11H,1-2,9-10H2,(H,22,24). The zero-order valence-electron chi connectivity index (χ0n) is 13.2. The van der Waals surface area contributed by atoms with Crippen molar-refractivity contribution >= 4 is 29.2 Å². The molecule has 0 aliphatic carbocycles. The number of aromatic nitrogens is 1. The second-order valence-corrected chi connectivity index (χ2v) is 6.76. The highest BCUT2D eigenvalue weighted by Gasteiger charge is 2.29. The average Bonchev–Trinajstić information content (AvgIpc) is 3.09. The van der Waals surface area contributed by atoms with Crippen molar-refractivity contribution in [2.75, 3.05) is 23.3 Å². The maximum Gasteiger partial charge on any atom is 0.446 e. The Kier molecular flexibility index (Phi) is 5.17. The van der Waals surface area contributed by atoms with E-state index in [0.29, 0.717) is 5.69 Å². The van der Waals surface area contributed by atoms with Crippen LogP contribution in [-0.4, -0.2) is 29.5 Å². The number of hydrogen-bond acceptors (Lipinski definition) is 4. The van der Waals surface area contributed by atoms with E-state index in [1.165, 1.54) is 24.3 Å². The van der Waals surface area contributed by atoms with Gasteiger partial charge in [0.1, 0.15) is 5.82 Å². The molecule has 0 atom stereocenters. The minimum atomic E-state index is -4.34. The summed E-state index contributed by atoms with van der Waals surface area (Å²) in [6, 6.07) is 8.92. The number of hydrogen-bond donors (Lipinski definition) is 1. The van der Waals surface area contributed by atoms with E-state index in [0.717, 1.165) is 31.7 Å². The molecule has 1 aromatic heterocycles. The zero-order valence-corrected chi connectivity index (χ0v) is 14.0. The van der Waals surface area contributed by atoms with Crippen molar-refractivity contribution in [3.8, 4) is 0 Å².